The number of fused-ring (bicyclic) bond motifs is 2. The van der Waals surface area contributed by atoms with Gasteiger partial charge in [-0.05, 0) is 69.3 Å². The Morgan fingerprint density at radius 3 is 1.54 bits per heavy atom. The third kappa shape index (κ3) is 13.0. The summed E-state index contributed by atoms with van der Waals surface area (Å²) in [7, 11) is 3.15. The number of rotatable bonds is 20. The fraction of sp³-hybridized carbons (Fsp3) is 0.542. The van der Waals surface area contributed by atoms with Crippen LogP contribution in [-0.2, 0) is 58.1 Å². The van der Waals surface area contributed by atoms with E-state index < -0.39 is 0 Å². The number of halogens is 1. The molecule has 0 aliphatic carbocycles. The first-order valence-electron chi connectivity index (χ1n) is 23.9. The number of hydrogen-bond acceptors (Lipinski definition) is 14. The highest BCUT2D eigenvalue weighted by Crippen LogP contribution is 2.27. The molecule has 0 saturated carbocycles. The van der Waals surface area contributed by atoms with Gasteiger partial charge < -0.3 is 30.3 Å². The van der Waals surface area contributed by atoms with Gasteiger partial charge in [-0.2, -0.15) is 0 Å². The Hall–Kier alpha value is -6.09. The van der Waals surface area contributed by atoms with Crippen LogP contribution >= 0.6 is 11.6 Å². The zero-order chi connectivity index (χ0) is 49.5. The number of pyridine rings is 2. The standard InChI is InChI=1S/C24H32N6O4.C17H19ClN4O3.C7H14N2O/c1-3-10-30-23(32)18-15-19(27-22(18)29(24(30)33)13-14-34-2)17-7-8-20(26-16-17)25-9-5-12-28-11-4-6-21(28)31;1-3-6-22-16(23)12-9-13(11-4-5-14(18)19-10-11)20-15(12)21(17(22)24)7-8-25-2;8-4-2-6-9-5-1-3-7(9)10/h7-8,16H,3-6,9-15H2,1-2H3,(H,25,26);4-5,10H,3,6-9H2,1-2H3;1-6,8H2. The molecule has 0 aromatic carbocycles. The molecule has 4 aromatic rings. The van der Waals surface area contributed by atoms with Crippen molar-refractivity contribution in [3.8, 4) is 0 Å². The summed E-state index contributed by atoms with van der Waals surface area (Å²) in [5, 5.41) is 3.68. The SMILES string of the molecule is CCCn1c(=O)c2c(n(CCOC)c1=O)N=C(c1ccc(Cl)nc1)C2.CCCn1c(=O)c2c(n(CCOC)c1=O)N=C(c1ccc(NCCCN3CCCC3=O)nc1)C2.NCCCN1CCCC1=O. The highest BCUT2D eigenvalue weighted by atomic mass is 35.5. The molecule has 0 unspecified atom stereocenters. The van der Waals surface area contributed by atoms with Gasteiger partial charge in [0, 0.05) is 109 Å². The van der Waals surface area contributed by atoms with E-state index in [0.29, 0.717) is 118 Å². The van der Waals surface area contributed by atoms with E-state index >= 15 is 0 Å². The van der Waals surface area contributed by atoms with E-state index in [9.17, 15) is 28.8 Å². The molecule has 21 heteroatoms. The van der Waals surface area contributed by atoms with Crippen molar-refractivity contribution in [2.45, 2.75) is 104 Å². The first-order valence-corrected chi connectivity index (χ1v) is 24.3. The smallest absolute Gasteiger partial charge is 0.332 e. The molecule has 4 aliphatic heterocycles. The van der Waals surface area contributed by atoms with Crippen molar-refractivity contribution in [1.82, 2.24) is 38.0 Å². The van der Waals surface area contributed by atoms with Gasteiger partial charge >= 0.3 is 11.4 Å². The van der Waals surface area contributed by atoms with E-state index in [-0.39, 0.29) is 28.4 Å². The fourth-order valence-electron chi connectivity index (χ4n) is 8.53. The van der Waals surface area contributed by atoms with E-state index in [1.807, 2.05) is 41.8 Å². The second kappa shape index (κ2) is 25.5. The maximum atomic E-state index is 13.0. The van der Waals surface area contributed by atoms with Crippen molar-refractivity contribution in [2.75, 3.05) is 72.0 Å². The molecule has 8 heterocycles. The Morgan fingerprint density at radius 1 is 0.638 bits per heavy atom. The maximum absolute atomic E-state index is 13.0. The van der Waals surface area contributed by atoms with E-state index in [1.165, 1.54) is 18.3 Å². The first kappa shape index (κ1) is 52.3. The van der Waals surface area contributed by atoms with Crippen LogP contribution in [0.3, 0.4) is 0 Å². The molecule has 8 rings (SSSR count). The number of aliphatic imine (C=N–C) groups is 2. The molecular weight excluding hydrogens is 908 g/mol. The van der Waals surface area contributed by atoms with Gasteiger partial charge in [-0.25, -0.2) is 29.5 Å². The minimum absolute atomic E-state index is 0.245. The van der Waals surface area contributed by atoms with E-state index in [1.54, 1.807) is 32.7 Å². The van der Waals surface area contributed by atoms with Crippen molar-refractivity contribution >= 4 is 52.3 Å². The van der Waals surface area contributed by atoms with E-state index in [0.717, 1.165) is 87.5 Å². The lowest BCUT2D eigenvalue weighted by molar-refractivity contribution is -0.128. The molecule has 0 bridgehead atoms. The van der Waals surface area contributed by atoms with Gasteiger partial charge in [0.05, 0.1) is 48.9 Å². The Labute approximate surface area is 405 Å². The molecule has 4 aliphatic rings. The van der Waals surface area contributed by atoms with E-state index in [4.69, 9.17) is 26.8 Å². The molecule has 0 spiro atoms. The predicted octanol–water partition coefficient (Wildman–Crippen LogP) is 3.31. The zero-order valence-electron chi connectivity index (χ0n) is 40.2. The molecule has 69 heavy (non-hydrogen) atoms. The first-order chi connectivity index (χ1) is 33.4. The lowest BCUT2D eigenvalue weighted by atomic mass is 10.1. The number of anilines is 1. The Bertz CT molecular complexity index is 2730. The monoisotopic (exact) mass is 972 g/mol. The number of nitrogens with zero attached hydrogens (tertiary/aromatic N) is 10. The highest BCUT2D eigenvalue weighted by molar-refractivity contribution is 6.29. The Morgan fingerprint density at radius 2 is 1.13 bits per heavy atom. The molecule has 2 saturated heterocycles. The number of nitrogens with two attached hydrogens (primary N) is 1. The van der Waals surface area contributed by atoms with Crippen LogP contribution in [0.2, 0.25) is 5.15 Å². The van der Waals surface area contributed by atoms with E-state index in [2.05, 4.69) is 25.3 Å². The molecule has 20 nitrogen and oxygen atoms in total. The number of likely N-dealkylation sites (tertiary alicyclic amines) is 2. The number of methoxy groups -OCH3 is 2. The summed E-state index contributed by atoms with van der Waals surface area (Å²) in [4.78, 5) is 95.6. The van der Waals surface area contributed by atoms with Crippen LogP contribution in [-0.4, -0.2) is 128 Å². The van der Waals surface area contributed by atoms with Crippen molar-refractivity contribution in [3.05, 3.63) is 106 Å². The van der Waals surface area contributed by atoms with Gasteiger partial charge in [0.25, 0.3) is 11.1 Å². The van der Waals surface area contributed by atoms with Crippen molar-refractivity contribution < 1.29 is 19.1 Å². The van der Waals surface area contributed by atoms with Crippen LogP contribution in [0.15, 0.2) is 65.8 Å². The lowest BCUT2D eigenvalue weighted by Crippen LogP contribution is -2.41. The summed E-state index contributed by atoms with van der Waals surface area (Å²) in [5.74, 6) is 2.13. The lowest BCUT2D eigenvalue weighted by Gasteiger charge is -2.15. The normalized spacial score (nSPS) is 14.8. The van der Waals surface area contributed by atoms with Crippen LogP contribution in [0, 0.1) is 0 Å². The number of amides is 2. The summed E-state index contributed by atoms with van der Waals surface area (Å²) in [6.07, 6.45) is 10.7. The zero-order valence-corrected chi connectivity index (χ0v) is 41.0. The minimum Gasteiger partial charge on any atom is -0.383 e. The third-order valence-corrected chi connectivity index (χ3v) is 12.4. The second-order valence-corrected chi connectivity index (χ2v) is 17.4. The van der Waals surface area contributed by atoms with Gasteiger partial charge in [0.15, 0.2) is 0 Å². The number of aromatic nitrogens is 6. The quantitative estimate of drug-likeness (QED) is 0.0959. The van der Waals surface area contributed by atoms with Gasteiger partial charge in [-0.15, -0.1) is 0 Å². The molecular formula is C48H65ClN12O8. The average molecular weight is 974 g/mol. The predicted molar refractivity (Wildman–Crippen MR) is 266 cm³/mol. The van der Waals surface area contributed by atoms with Crippen LogP contribution < -0.4 is 33.5 Å². The summed E-state index contributed by atoms with van der Waals surface area (Å²) in [6.45, 7) is 10.9. The summed E-state index contributed by atoms with van der Waals surface area (Å²) < 4.78 is 15.9. The van der Waals surface area contributed by atoms with Crippen molar-refractivity contribution in [2.24, 2.45) is 15.7 Å². The molecule has 0 radical (unpaired) electrons. The summed E-state index contributed by atoms with van der Waals surface area (Å²) in [5.41, 5.74) is 8.19. The Kier molecular flexibility index (Phi) is 19.3. The van der Waals surface area contributed by atoms with Gasteiger partial charge in [0.1, 0.15) is 22.6 Å². The van der Waals surface area contributed by atoms with Crippen molar-refractivity contribution in [1.29, 1.82) is 0 Å². The maximum Gasteiger partial charge on any atom is 0.332 e. The van der Waals surface area contributed by atoms with Crippen molar-refractivity contribution in [3.63, 3.8) is 0 Å². The molecule has 2 fully saturated rings. The van der Waals surface area contributed by atoms with Gasteiger partial charge in [0.2, 0.25) is 11.8 Å². The molecule has 4 aromatic heterocycles. The largest absolute Gasteiger partial charge is 0.383 e. The molecule has 0 atom stereocenters. The number of carbonyl (C=O) groups is 2. The van der Waals surface area contributed by atoms with Crippen LogP contribution in [0.1, 0.15) is 87.5 Å². The topological polar surface area (TPSA) is 236 Å². The van der Waals surface area contributed by atoms with Gasteiger partial charge in [-0.1, -0.05) is 25.4 Å². The number of carbonyl (C=O) groups excluding carboxylic acids is 2. The van der Waals surface area contributed by atoms with Crippen LogP contribution in [0.5, 0.6) is 0 Å². The minimum atomic E-state index is -0.346. The van der Waals surface area contributed by atoms with Gasteiger partial charge in [-0.3, -0.25) is 37.4 Å². The van der Waals surface area contributed by atoms with Crippen LogP contribution in [0.25, 0.3) is 0 Å². The average Bonchev–Trinajstić information content (AvgIpc) is 4.19. The number of ether oxygens (including phenoxy) is 2. The molecule has 3 N–H and O–H groups in total. The summed E-state index contributed by atoms with van der Waals surface area (Å²) in [6, 6.07) is 7.29. The molecule has 2 amide bonds. The molecule has 372 valence electrons. The summed E-state index contributed by atoms with van der Waals surface area (Å²) >= 11 is 5.83. The highest BCUT2D eigenvalue weighted by Gasteiger charge is 2.28. The number of nitrogens with one attached hydrogen (secondary N) is 1. The third-order valence-electron chi connectivity index (χ3n) is 12.1. The fourth-order valence-corrected chi connectivity index (χ4v) is 8.64. The number of hydrogen-bond donors (Lipinski definition) is 2. The van der Waals surface area contributed by atoms with Crippen LogP contribution in [0.4, 0.5) is 17.5 Å². The Balaban J connectivity index is 0.000000195. The second-order valence-electron chi connectivity index (χ2n) is 17.0.